The van der Waals surface area contributed by atoms with Crippen LogP contribution in [0.15, 0.2) is 54.6 Å². The molecule has 1 heterocycles. The maximum atomic E-state index is 12.7. The third-order valence-corrected chi connectivity index (χ3v) is 4.17. The zero-order valence-electron chi connectivity index (χ0n) is 16.5. The Balaban J connectivity index is 1.77. The van der Waals surface area contributed by atoms with E-state index in [1.807, 2.05) is 0 Å². The number of halogens is 3. The van der Waals surface area contributed by atoms with E-state index >= 15 is 0 Å². The van der Waals surface area contributed by atoms with Crippen LogP contribution in [0.4, 0.5) is 13.2 Å². The molecule has 3 rings (SSSR count). The first-order chi connectivity index (χ1) is 15.1. The van der Waals surface area contributed by atoms with Crippen LogP contribution in [0.5, 0.6) is 11.5 Å². The third kappa shape index (κ3) is 6.01. The molecule has 0 unspecified atom stereocenters. The summed E-state index contributed by atoms with van der Waals surface area (Å²) in [6.45, 7) is 0.0923. The van der Waals surface area contributed by atoms with Crippen molar-refractivity contribution in [3.8, 4) is 22.9 Å². The maximum Gasteiger partial charge on any atom is 0.416 e. The molecule has 0 fully saturated rings. The number of primary amides is 2. The van der Waals surface area contributed by atoms with Gasteiger partial charge in [0.1, 0.15) is 17.2 Å². The van der Waals surface area contributed by atoms with Crippen LogP contribution in [0.2, 0.25) is 0 Å². The predicted molar refractivity (Wildman–Crippen MR) is 108 cm³/mol. The molecule has 166 valence electrons. The van der Waals surface area contributed by atoms with Crippen molar-refractivity contribution >= 4 is 11.8 Å². The van der Waals surface area contributed by atoms with Gasteiger partial charge in [0, 0.05) is 12.1 Å². The number of benzene rings is 2. The number of carbonyl (C=O) groups excluding carboxylic acids is 2. The van der Waals surface area contributed by atoms with Gasteiger partial charge < -0.3 is 21.5 Å². The lowest BCUT2D eigenvalue weighted by Gasteiger charge is -2.10. The minimum absolute atomic E-state index is 0.00374. The lowest BCUT2D eigenvalue weighted by molar-refractivity contribution is -0.137. The van der Waals surface area contributed by atoms with Crippen molar-refractivity contribution in [1.82, 2.24) is 15.3 Å². The lowest BCUT2D eigenvalue weighted by atomic mass is 10.2. The zero-order valence-corrected chi connectivity index (χ0v) is 16.5. The van der Waals surface area contributed by atoms with Crippen LogP contribution in [0.25, 0.3) is 11.4 Å². The molecular weight excluding hydrogens is 427 g/mol. The van der Waals surface area contributed by atoms with E-state index in [0.717, 1.165) is 12.1 Å². The summed E-state index contributed by atoms with van der Waals surface area (Å²) in [5.41, 5.74) is 10.6. The molecule has 0 aliphatic carbocycles. The molecule has 32 heavy (non-hydrogen) atoms. The summed E-state index contributed by atoms with van der Waals surface area (Å²) >= 11 is 0. The minimum Gasteiger partial charge on any atom is -0.457 e. The number of aromatic nitrogens is 2. The van der Waals surface area contributed by atoms with Gasteiger partial charge in [-0.2, -0.15) is 13.2 Å². The van der Waals surface area contributed by atoms with Gasteiger partial charge in [-0.15, -0.1) is 0 Å². The van der Waals surface area contributed by atoms with Gasteiger partial charge in [0.25, 0.3) is 5.91 Å². The topological polar surface area (TPSA) is 133 Å². The number of nitrogens with zero attached hydrogens (tertiary/aromatic N) is 2. The number of nitrogens with one attached hydrogen (secondary N) is 1. The Morgan fingerprint density at radius 2 is 1.53 bits per heavy atom. The third-order valence-electron chi connectivity index (χ3n) is 4.17. The first-order valence-electron chi connectivity index (χ1n) is 9.24. The van der Waals surface area contributed by atoms with Gasteiger partial charge >= 0.3 is 6.18 Å². The number of amides is 2. The summed E-state index contributed by atoms with van der Waals surface area (Å²) in [7, 11) is 0. The number of hydrogen-bond acceptors (Lipinski definition) is 6. The van der Waals surface area contributed by atoms with Crippen LogP contribution in [0, 0.1) is 0 Å². The number of ether oxygens (including phenoxy) is 1. The van der Waals surface area contributed by atoms with Crippen molar-refractivity contribution in [3.63, 3.8) is 0 Å². The number of hydrogen-bond donors (Lipinski definition) is 3. The Morgan fingerprint density at radius 3 is 2.06 bits per heavy atom. The summed E-state index contributed by atoms with van der Waals surface area (Å²) in [5.74, 6) is -0.452. The number of nitrogens with two attached hydrogens (primary N) is 2. The molecule has 11 heteroatoms. The molecular formula is C21H18F3N5O3. The minimum atomic E-state index is -4.42. The fourth-order valence-electron chi connectivity index (χ4n) is 2.68. The van der Waals surface area contributed by atoms with Crippen LogP contribution in [-0.2, 0) is 17.5 Å². The highest BCUT2D eigenvalue weighted by Gasteiger charge is 2.30. The lowest BCUT2D eigenvalue weighted by Crippen LogP contribution is -2.28. The monoisotopic (exact) mass is 445 g/mol. The molecule has 3 aromatic rings. The van der Waals surface area contributed by atoms with E-state index in [9.17, 15) is 22.8 Å². The van der Waals surface area contributed by atoms with Gasteiger partial charge in [0.15, 0.2) is 5.82 Å². The Labute approximate surface area is 180 Å². The number of alkyl halides is 3. The van der Waals surface area contributed by atoms with Gasteiger partial charge in [-0.05, 0) is 54.6 Å². The SMILES string of the molecule is NC(=O)CNCc1cc(C(N)=O)nc(-c2ccc(Oc3ccc(C(F)(F)F)cc3)cc2)n1. The Morgan fingerprint density at radius 1 is 0.938 bits per heavy atom. The summed E-state index contributed by atoms with van der Waals surface area (Å²) in [6, 6.07) is 12.1. The summed E-state index contributed by atoms with van der Waals surface area (Å²) < 4.78 is 43.5. The molecule has 0 atom stereocenters. The molecule has 0 spiro atoms. The average molecular weight is 445 g/mol. The first kappa shape index (κ1) is 22.7. The highest BCUT2D eigenvalue weighted by atomic mass is 19.4. The van der Waals surface area contributed by atoms with Crippen LogP contribution >= 0.6 is 0 Å². The fraction of sp³-hybridized carbons (Fsp3) is 0.143. The van der Waals surface area contributed by atoms with E-state index < -0.39 is 23.6 Å². The fourth-order valence-corrected chi connectivity index (χ4v) is 2.68. The molecule has 2 amide bonds. The molecule has 0 aliphatic rings. The van der Waals surface area contributed by atoms with Gasteiger partial charge in [-0.1, -0.05) is 0 Å². The van der Waals surface area contributed by atoms with Crippen LogP contribution in [-0.4, -0.2) is 28.3 Å². The summed E-state index contributed by atoms with van der Waals surface area (Å²) in [4.78, 5) is 31.0. The summed E-state index contributed by atoms with van der Waals surface area (Å²) in [5, 5.41) is 2.79. The van der Waals surface area contributed by atoms with Crippen LogP contribution in [0.1, 0.15) is 21.7 Å². The van der Waals surface area contributed by atoms with E-state index in [0.29, 0.717) is 17.0 Å². The maximum absolute atomic E-state index is 12.7. The van der Waals surface area contributed by atoms with Gasteiger partial charge in [-0.3, -0.25) is 9.59 Å². The van der Waals surface area contributed by atoms with E-state index in [1.165, 1.54) is 18.2 Å². The van der Waals surface area contributed by atoms with E-state index in [4.69, 9.17) is 16.2 Å². The smallest absolute Gasteiger partial charge is 0.416 e. The molecule has 0 bridgehead atoms. The van der Waals surface area contributed by atoms with Crippen LogP contribution in [0.3, 0.4) is 0 Å². The molecule has 0 saturated carbocycles. The van der Waals surface area contributed by atoms with E-state index in [-0.39, 0.29) is 30.4 Å². The second-order valence-electron chi connectivity index (χ2n) is 6.65. The van der Waals surface area contributed by atoms with Gasteiger partial charge in [0.2, 0.25) is 5.91 Å². The molecule has 1 aromatic heterocycles. The highest BCUT2D eigenvalue weighted by molar-refractivity contribution is 5.91. The van der Waals surface area contributed by atoms with E-state index in [1.54, 1.807) is 24.3 Å². The molecule has 0 saturated heterocycles. The van der Waals surface area contributed by atoms with Crippen molar-refractivity contribution in [3.05, 3.63) is 71.5 Å². The molecule has 8 nitrogen and oxygen atoms in total. The number of carbonyl (C=O) groups is 2. The standard InChI is InChI=1S/C21H18F3N5O3/c22-21(23,24)13-3-7-16(8-4-13)32-15-5-1-12(2-6-15)20-28-14(10-27-11-18(25)30)9-17(29-20)19(26)31/h1-9,27H,10-11H2,(H2,25,30)(H2,26,31). The highest BCUT2D eigenvalue weighted by Crippen LogP contribution is 2.31. The molecule has 0 aliphatic heterocycles. The second kappa shape index (κ2) is 9.43. The van der Waals surface area contributed by atoms with Gasteiger partial charge in [-0.25, -0.2) is 9.97 Å². The van der Waals surface area contributed by atoms with E-state index in [2.05, 4.69) is 15.3 Å². The predicted octanol–water partition coefficient (Wildman–Crippen LogP) is 2.63. The van der Waals surface area contributed by atoms with Crippen molar-refractivity contribution in [2.75, 3.05) is 6.54 Å². The van der Waals surface area contributed by atoms with Crippen molar-refractivity contribution in [1.29, 1.82) is 0 Å². The van der Waals surface area contributed by atoms with Crippen LogP contribution < -0.4 is 21.5 Å². The van der Waals surface area contributed by atoms with Crippen molar-refractivity contribution in [2.45, 2.75) is 12.7 Å². The van der Waals surface area contributed by atoms with Gasteiger partial charge in [0.05, 0.1) is 17.8 Å². The molecule has 0 radical (unpaired) electrons. The Hall–Kier alpha value is -3.99. The second-order valence-corrected chi connectivity index (χ2v) is 6.65. The quantitative estimate of drug-likeness (QED) is 0.488. The molecule has 5 N–H and O–H groups in total. The molecule has 2 aromatic carbocycles. The Bertz CT molecular complexity index is 1120. The summed E-state index contributed by atoms with van der Waals surface area (Å²) in [6.07, 6.45) is -4.42. The largest absolute Gasteiger partial charge is 0.457 e. The van der Waals surface area contributed by atoms with Crippen molar-refractivity contribution in [2.24, 2.45) is 11.5 Å². The zero-order chi connectivity index (χ0) is 23.3. The average Bonchev–Trinajstić information content (AvgIpc) is 2.73. The normalized spacial score (nSPS) is 11.2. The number of rotatable bonds is 8. The Kier molecular flexibility index (Phi) is 6.69. The first-order valence-corrected chi connectivity index (χ1v) is 9.24. The van der Waals surface area contributed by atoms with Crippen molar-refractivity contribution < 1.29 is 27.5 Å².